The average molecular weight is 252 g/mol. The standard InChI is InChI=1S/C13H17FN2O2/c1-15-9-13(17)10-2-3-12(11(14)8-10)16-4-6-18-7-5-16/h2-3,8,15H,4-7,9H2,1H3. The summed E-state index contributed by atoms with van der Waals surface area (Å²) in [6.45, 7) is 2.80. The van der Waals surface area contributed by atoms with Gasteiger partial charge in [0.25, 0.3) is 0 Å². The van der Waals surface area contributed by atoms with Gasteiger partial charge in [0.15, 0.2) is 5.78 Å². The number of Topliss-reactive ketones (excluding diaryl/α,β-unsaturated/α-hetero) is 1. The third kappa shape index (κ3) is 2.86. The highest BCUT2D eigenvalue weighted by Gasteiger charge is 2.16. The summed E-state index contributed by atoms with van der Waals surface area (Å²) < 4.78 is 19.2. The monoisotopic (exact) mass is 252 g/mol. The van der Waals surface area contributed by atoms with E-state index in [2.05, 4.69) is 5.32 Å². The summed E-state index contributed by atoms with van der Waals surface area (Å²) in [5.74, 6) is -0.455. The van der Waals surface area contributed by atoms with Crippen LogP contribution in [0.15, 0.2) is 18.2 Å². The molecule has 98 valence electrons. The average Bonchev–Trinajstić information content (AvgIpc) is 2.40. The number of ketones is 1. The molecule has 1 aromatic carbocycles. The zero-order valence-electron chi connectivity index (χ0n) is 10.4. The van der Waals surface area contributed by atoms with Crippen LogP contribution in [0.25, 0.3) is 0 Å². The number of rotatable bonds is 4. The molecule has 1 saturated heterocycles. The maximum Gasteiger partial charge on any atom is 0.176 e. The van der Waals surface area contributed by atoms with Crippen LogP contribution in [0, 0.1) is 5.82 Å². The van der Waals surface area contributed by atoms with Gasteiger partial charge in [-0.25, -0.2) is 4.39 Å². The van der Waals surface area contributed by atoms with Crippen LogP contribution in [-0.2, 0) is 4.74 Å². The number of likely N-dealkylation sites (N-methyl/N-ethyl adjacent to an activating group) is 1. The first-order valence-electron chi connectivity index (χ1n) is 6.02. The van der Waals surface area contributed by atoms with Gasteiger partial charge in [0, 0.05) is 18.7 Å². The predicted octanol–water partition coefficient (Wildman–Crippen LogP) is 1.06. The summed E-state index contributed by atoms with van der Waals surface area (Å²) in [6.07, 6.45) is 0. The number of anilines is 1. The van der Waals surface area contributed by atoms with Crippen molar-refractivity contribution in [2.24, 2.45) is 0 Å². The zero-order chi connectivity index (χ0) is 13.0. The molecule has 0 bridgehead atoms. The Balaban J connectivity index is 2.16. The minimum Gasteiger partial charge on any atom is -0.378 e. The van der Waals surface area contributed by atoms with Gasteiger partial charge < -0.3 is 15.0 Å². The smallest absolute Gasteiger partial charge is 0.176 e. The maximum absolute atomic E-state index is 14.0. The van der Waals surface area contributed by atoms with Crippen molar-refractivity contribution in [3.8, 4) is 0 Å². The molecule has 1 aliphatic heterocycles. The number of carbonyl (C=O) groups excluding carboxylic acids is 1. The summed E-state index contributed by atoms with van der Waals surface area (Å²) in [5.41, 5.74) is 0.943. The molecule has 5 heteroatoms. The molecule has 0 unspecified atom stereocenters. The Bertz CT molecular complexity index is 431. The molecule has 1 N–H and O–H groups in total. The van der Waals surface area contributed by atoms with E-state index < -0.39 is 0 Å². The van der Waals surface area contributed by atoms with Crippen molar-refractivity contribution in [2.45, 2.75) is 0 Å². The molecular weight excluding hydrogens is 235 g/mol. The number of halogens is 1. The normalized spacial score (nSPS) is 15.8. The number of morpholine rings is 1. The summed E-state index contributed by atoms with van der Waals surface area (Å²) in [6, 6.07) is 4.65. The summed E-state index contributed by atoms with van der Waals surface area (Å²) >= 11 is 0. The number of benzene rings is 1. The fourth-order valence-corrected chi connectivity index (χ4v) is 2.00. The number of hydrogen-bond acceptors (Lipinski definition) is 4. The van der Waals surface area contributed by atoms with Gasteiger partial charge in [-0.15, -0.1) is 0 Å². The maximum atomic E-state index is 14.0. The van der Waals surface area contributed by atoms with Crippen LogP contribution >= 0.6 is 0 Å². The Morgan fingerprint density at radius 3 is 2.78 bits per heavy atom. The lowest BCUT2D eigenvalue weighted by Gasteiger charge is -2.29. The Morgan fingerprint density at radius 1 is 1.44 bits per heavy atom. The second-order valence-corrected chi connectivity index (χ2v) is 4.22. The number of ether oxygens (including phenoxy) is 1. The van der Waals surface area contributed by atoms with E-state index >= 15 is 0 Å². The van der Waals surface area contributed by atoms with E-state index in [1.807, 2.05) is 4.90 Å². The van der Waals surface area contributed by atoms with E-state index in [1.54, 1.807) is 19.2 Å². The van der Waals surface area contributed by atoms with Crippen LogP contribution in [0.2, 0.25) is 0 Å². The molecule has 1 heterocycles. The molecule has 0 atom stereocenters. The fourth-order valence-electron chi connectivity index (χ4n) is 2.00. The van der Waals surface area contributed by atoms with E-state index in [9.17, 15) is 9.18 Å². The van der Waals surface area contributed by atoms with Gasteiger partial charge in [0.05, 0.1) is 25.4 Å². The zero-order valence-corrected chi connectivity index (χ0v) is 10.4. The van der Waals surface area contributed by atoms with Crippen molar-refractivity contribution in [2.75, 3.05) is 44.8 Å². The Morgan fingerprint density at radius 2 is 2.17 bits per heavy atom. The quantitative estimate of drug-likeness (QED) is 0.814. The lowest BCUT2D eigenvalue weighted by Crippen LogP contribution is -2.36. The van der Waals surface area contributed by atoms with Crippen molar-refractivity contribution in [1.82, 2.24) is 5.32 Å². The third-order valence-corrected chi connectivity index (χ3v) is 2.96. The van der Waals surface area contributed by atoms with Gasteiger partial charge in [-0.1, -0.05) is 0 Å². The van der Waals surface area contributed by atoms with E-state index in [1.165, 1.54) is 6.07 Å². The van der Waals surface area contributed by atoms with Crippen LogP contribution < -0.4 is 10.2 Å². The molecule has 0 aliphatic carbocycles. The van der Waals surface area contributed by atoms with Gasteiger partial charge in [0.2, 0.25) is 0 Å². The molecule has 0 amide bonds. The summed E-state index contributed by atoms with van der Waals surface area (Å²) in [7, 11) is 1.69. The minimum absolute atomic E-state index is 0.107. The van der Waals surface area contributed by atoms with E-state index in [0.29, 0.717) is 37.6 Å². The summed E-state index contributed by atoms with van der Waals surface area (Å²) in [4.78, 5) is 13.6. The lowest BCUT2D eigenvalue weighted by atomic mass is 10.1. The Hall–Kier alpha value is -1.46. The fraction of sp³-hybridized carbons (Fsp3) is 0.462. The van der Waals surface area contributed by atoms with Crippen molar-refractivity contribution in [3.05, 3.63) is 29.6 Å². The van der Waals surface area contributed by atoms with Crippen LogP contribution in [-0.4, -0.2) is 45.7 Å². The van der Waals surface area contributed by atoms with Crippen LogP contribution in [0.3, 0.4) is 0 Å². The second kappa shape index (κ2) is 5.93. The molecule has 1 fully saturated rings. The molecule has 1 aliphatic rings. The molecule has 0 aromatic heterocycles. The number of nitrogens with one attached hydrogen (secondary N) is 1. The molecule has 0 radical (unpaired) electrons. The topological polar surface area (TPSA) is 41.6 Å². The van der Waals surface area contributed by atoms with Gasteiger partial charge in [0.1, 0.15) is 5.82 Å². The molecular formula is C13H17FN2O2. The SMILES string of the molecule is CNCC(=O)c1ccc(N2CCOCC2)c(F)c1. The van der Waals surface area contributed by atoms with Crippen LogP contribution in [0.4, 0.5) is 10.1 Å². The lowest BCUT2D eigenvalue weighted by molar-refractivity contribution is 0.0993. The van der Waals surface area contributed by atoms with E-state index in [-0.39, 0.29) is 18.1 Å². The third-order valence-electron chi connectivity index (χ3n) is 2.96. The van der Waals surface area contributed by atoms with Crippen LogP contribution in [0.5, 0.6) is 0 Å². The molecule has 18 heavy (non-hydrogen) atoms. The second-order valence-electron chi connectivity index (χ2n) is 4.22. The highest BCUT2D eigenvalue weighted by molar-refractivity contribution is 5.97. The van der Waals surface area contributed by atoms with Crippen molar-refractivity contribution in [3.63, 3.8) is 0 Å². The number of carbonyl (C=O) groups is 1. The highest BCUT2D eigenvalue weighted by atomic mass is 19.1. The molecule has 4 nitrogen and oxygen atoms in total. The number of nitrogens with zero attached hydrogens (tertiary/aromatic N) is 1. The molecule has 0 spiro atoms. The first kappa shape index (κ1) is 13.0. The van der Waals surface area contributed by atoms with Gasteiger partial charge in [-0.05, 0) is 25.2 Å². The summed E-state index contributed by atoms with van der Waals surface area (Å²) in [5, 5.41) is 2.76. The highest BCUT2D eigenvalue weighted by Crippen LogP contribution is 2.21. The van der Waals surface area contributed by atoms with Crippen molar-refractivity contribution >= 4 is 11.5 Å². The Labute approximate surface area is 106 Å². The minimum atomic E-state index is -0.348. The number of hydrogen-bond donors (Lipinski definition) is 1. The van der Waals surface area contributed by atoms with E-state index in [4.69, 9.17) is 4.74 Å². The molecule has 2 rings (SSSR count). The van der Waals surface area contributed by atoms with Crippen molar-refractivity contribution < 1.29 is 13.9 Å². The largest absolute Gasteiger partial charge is 0.378 e. The van der Waals surface area contributed by atoms with Gasteiger partial charge in [-0.3, -0.25) is 4.79 Å². The molecule has 1 aromatic rings. The molecule has 0 saturated carbocycles. The first-order chi connectivity index (χ1) is 8.72. The van der Waals surface area contributed by atoms with Crippen LogP contribution in [0.1, 0.15) is 10.4 Å². The van der Waals surface area contributed by atoms with Gasteiger partial charge in [-0.2, -0.15) is 0 Å². The van der Waals surface area contributed by atoms with Crippen molar-refractivity contribution in [1.29, 1.82) is 0 Å². The Kier molecular flexibility index (Phi) is 4.28. The first-order valence-corrected chi connectivity index (χ1v) is 6.02. The van der Waals surface area contributed by atoms with Gasteiger partial charge >= 0.3 is 0 Å². The van der Waals surface area contributed by atoms with E-state index in [0.717, 1.165) is 0 Å². The predicted molar refractivity (Wildman–Crippen MR) is 67.7 cm³/mol.